The van der Waals surface area contributed by atoms with Gasteiger partial charge in [0.25, 0.3) is 0 Å². The minimum absolute atomic E-state index is 0.194. The lowest BCUT2D eigenvalue weighted by molar-refractivity contribution is 0.112. The van der Waals surface area contributed by atoms with Gasteiger partial charge in [-0.05, 0) is 63.8 Å². The van der Waals surface area contributed by atoms with Crippen molar-refractivity contribution in [2.24, 2.45) is 11.1 Å². The highest BCUT2D eigenvalue weighted by atomic mass is 35.5. The number of alkyl halides is 2. The molecule has 4 N–H and O–H groups in total. The van der Waals surface area contributed by atoms with Crippen LogP contribution in [0.15, 0.2) is 17.3 Å². The van der Waals surface area contributed by atoms with Gasteiger partial charge in [0.05, 0.1) is 11.6 Å². The lowest BCUT2D eigenvalue weighted by Gasteiger charge is -2.18. The number of carbonyl (C=O) groups excluding carboxylic acids is 1. The van der Waals surface area contributed by atoms with Gasteiger partial charge in [-0.3, -0.25) is 13.9 Å². The average Bonchev–Trinajstić information content (AvgIpc) is 2.78. The Kier molecular flexibility index (Phi) is 17.8. The first-order valence-corrected chi connectivity index (χ1v) is 17.3. The molecule has 38 heavy (non-hydrogen) atoms. The number of nitrogens with two attached hydrogens (primary N) is 1. The molecule has 0 unspecified atom stereocenters. The fourth-order valence-corrected chi connectivity index (χ4v) is 4.96. The molecule has 2 aromatic carbocycles. The standard InChI is InChI=1S/C12H18NO3P.C12H17O3P.CH2Cl2.H3NO/c1-8-6-9(2)12(16-17(4,5)15)10(3)11(8)7-13-14;1-8-6-9(2)12(15-16(4,5)14)10(3)11(8)7-13;2-1-3;1-2/h6-7,14H,1-5H3;6-7H,1-5H3;1H2;2H,1H2/b13-7+;;;. The smallest absolute Gasteiger partial charge is 0.242 e. The number of hydrogen-bond donors (Lipinski definition) is 3. The molecule has 2 aromatic rings. The Morgan fingerprint density at radius 1 is 0.789 bits per heavy atom. The molecular weight excluding hydrogens is 573 g/mol. The second kappa shape index (κ2) is 17.7. The van der Waals surface area contributed by atoms with Crippen LogP contribution in [0.4, 0.5) is 0 Å². The zero-order valence-electron chi connectivity index (χ0n) is 23.6. The van der Waals surface area contributed by atoms with E-state index in [-0.39, 0.29) is 5.34 Å². The van der Waals surface area contributed by atoms with E-state index in [2.05, 4.69) is 11.1 Å². The molecule has 0 spiro atoms. The van der Waals surface area contributed by atoms with Gasteiger partial charge in [0.2, 0.25) is 14.7 Å². The molecule has 9 nitrogen and oxygen atoms in total. The molecule has 0 aromatic heterocycles. The Morgan fingerprint density at radius 3 is 1.39 bits per heavy atom. The van der Waals surface area contributed by atoms with Gasteiger partial charge in [0.15, 0.2) is 6.29 Å². The Hall–Kier alpha value is -1.86. The van der Waals surface area contributed by atoms with E-state index >= 15 is 0 Å². The maximum absolute atomic E-state index is 11.7. The van der Waals surface area contributed by atoms with Crippen LogP contribution in [-0.4, -0.2) is 54.9 Å². The first kappa shape index (κ1) is 38.3. The molecule has 0 aliphatic carbocycles. The van der Waals surface area contributed by atoms with Crippen molar-refractivity contribution < 1.29 is 33.4 Å². The fraction of sp³-hybridized carbons (Fsp3) is 0.440. The second-order valence-electron chi connectivity index (χ2n) is 8.91. The summed E-state index contributed by atoms with van der Waals surface area (Å²) in [5.74, 6) is 4.68. The van der Waals surface area contributed by atoms with E-state index in [0.717, 1.165) is 45.2 Å². The second-order valence-corrected chi connectivity index (χ2v) is 15.1. The van der Waals surface area contributed by atoms with E-state index in [1.807, 2.05) is 53.7 Å². The summed E-state index contributed by atoms with van der Waals surface area (Å²) in [4.78, 5) is 11.0. The summed E-state index contributed by atoms with van der Waals surface area (Å²) in [6, 6.07) is 3.80. The van der Waals surface area contributed by atoms with E-state index in [1.54, 1.807) is 26.7 Å². The molecular formula is C25H40Cl2N2O7P2. The van der Waals surface area contributed by atoms with Gasteiger partial charge in [-0.15, -0.1) is 23.2 Å². The van der Waals surface area contributed by atoms with E-state index < -0.39 is 14.7 Å². The molecule has 0 aliphatic heterocycles. The van der Waals surface area contributed by atoms with Gasteiger partial charge in [-0.25, -0.2) is 5.90 Å². The van der Waals surface area contributed by atoms with E-state index in [0.29, 0.717) is 17.1 Å². The van der Waals surface area contributed by atoms with Crippen molar-refractivity contribution in [3.05, 3.63) is 56.6 Å². The molecule has 0 bridgehead atoms. The zero-order chi connectivity index (χ0) is 30.4. The van der Waals surface area contributed by atoms with Gasteiger partial charge >= 0.3 is 0 Å². The molecule has 216 valence electrons. The zero-order valence-corrected chi connectivity index (χ0v) is 26.9. The summed E-state index contributed by atoms with van der Waals surface area (Å²) in [5, 5.41) is 18.4. The molecule has 0 atom stereocenters. The minimum atomic E-state index is -2.60. The number of aldehydes is 1. The highest BCUT2D eigenvalue weighted by Gasteiger charge is 2.18. The third-order valence-corrected chi connectivity index (χ3v) is 6.09. The molecule has 0 heterocycles. The van der Waals surface area contributed by atoms with E-state index in [1.165, 1.54) is 6.21 Å². The van der Waals surface area contributed by atoms with Crippen LogP contribution in [0.25, 0.3) is 0 Å². The summed E-state index contributed by atoms with van der Waals surface area (Å²) < 4.78 is 34.4. The van der Waals surface area contributed by atoms with Crippen LogP contribution < -0.4 is 14.9 Å². The number of aryl methyl sites for hydroxylation is 4. The molecule has 0 saturated heterocycles. The van der Waals surface area contributed by atoms with Crippen LogP contribution in [0.1, 0.15) is 49.3 Å². The summed E-state index contributed by atoms with van der Waals surface area (Å²) in [6.45, 7) is 17.6. The number of oxime groups is 1. The van der Waals surface area contributed by atoms with E-state index in [9.17, 15) is 13.9 Å². The van der Waals surface area contributed by atoms with Crippen molar-refractivity contribution in [3.63, 3.8) is 0 Å². The largest absolute Gasteiger partial charge is 0.443 e. The van der Waals surface area contributed by atoms with Crippen molar-refractivity contribution in [2.75, 3.05) is 32.0 Å². The van der Waals surface area contributed by atoms with Gasteiger partial charge in [-0.1, -0.05) is 17.3 Å². The number of nitrogens with zero attached hydrogens (tertiary/aromatic N) is 1. The average molecular weight is 613 g/mol. The molecule has 0 fully saturated rings. The van der Waals surface area contributed by atoms with Crippen molar-refractivity contribution >= 4 is 50.4 Å². The van der Waals surface area contributed by atoms with E-state index in [4.69, 9.17) is 42.7 Å². The SMILES string of the molecule is Cc1cc(C)c(OP(C)(C)=O)c(C)c1/C=N/O.Cc1cc(C)c(OP(C)(C)=O)c(C)c1C=O.ClCCl.NO. The molecule has 0 saturated carbocycles. The maximum atomic E-state index is 11.7. The van der Waals surface area contributed by atoms with Crippen molar-refractivity contribution in [3.8, 4) is 11.5 Å². The first-order valence-electron chi connectivity index (χ1n) is 11.1. The molecule has 2 rings (SSSR count). The lowest BCUT2D eigenvalue weighted by atomic mass is 9.99. The van der Waals surface area contributed by atoms with Gasteiger partial charge in [0.1, 0.15) is 11.5 Å². The first-order chi connectivity index (χ1) is 17.4. The lowest BCUT2D eigenvalue weighted by Crippen LogP contribution is -2.00. The Bertz CT molecular complexity index is 1190. The Balaban J connectivity index is 0. The van der Waals surface area contributed by atoms with Gasteiger partial charge in [0, 0.05) is 48.9 Å². The Labute approximate surface area is 236 Å². The van der Waals surface area contributed by atoms with Crippen LogP contribution in [0.2, 0.25) is 0 Å². The quantitative estimate of drug-likeness (QED) is 0.0761. The number of halogens is 2. The highest BCUT2D eigenvalue weighted by molar-refractivity contribution is 7.58. The van der Waals surface area contributed by atoms with Crippen LogP contribution >= 0.6 is 37.9 Å². The van der Waals surface area contributed by atoms with Gasteiger partial charge in [-0.2, -0.15) is 0 Å². The van der Waals surface area contributed by atoms with Crippen LogP contribution in [0, 0.1) is 41.5 Å². The third kappa shape index (κ3) is 13.3. The summed E-state index contributed by atoms with van der Waals surface area (Å²) in [7, 11) is -5.21. The summed E-state index contributed by atoms with van der Waals surface area (Å²) in [5.41, 5.74) is 6.76. The van der Waals surface area contributed by atoms with Crippen LogP contribution in [-0.2, 0) is 9.13 Å². The Morgan fingerprint density at radius 2 is 1.11 bits per heavy atom. The number of hydrogen-bond acceptors (Lipinski definition) is 9. The summed E-state index contributed by atoms with van der Waals surface area (Å²) in [6.07, 6.45) is 2.18. The predicted molar refractivity (Wildman–Crippen MR) is 159 cm³/mol. The van der Waals surface area contributed by atoms with Crippen LogP contribution in [0.3, 0.4) is 0 Å². The highest BCUT2D eigenvalue weighted by Crippen LogP contribution is 2.43. The fourth-order valence-electron chi connectivity index (χ4n) is 3.52. The minimum Gasteiger partial charge on any atom is -0.443 e. The number of rotatable bonds is 6. The maximum Gasteiger partial charge on any atom is 0.242 e. The van der Waals surface area contributed by atoms with Crippen LogP contribution in [0.5, 0.6) is 11.5 Å². The monoisotopic (exact) mass is 612 g/mol. The number of carbonyl (C=O) groups is 1. The molecule has 0 radical (unpaired) electrons. The molecule has 13 heteroatoms. The van der Waals surface area contributed by atoms with Gasteiger partial charge < -0.3 is 19.5 Å². The normalized spacial score (nSPS) is 10.8. The topological polar surface area (TPSA) is 149 Å². The molecule has 0 aliphatic rings. The number of benzene rings is 2. The molecule has 0 amide bonds. The van der Waals surface area contributed by atoms with Crippen molar-refractivity contribution in [1.29, 1.82) is 0 Å². The third-order valence-electron chi connectivity index (χ3n) is 4.85. The predicted octanol–water partition coefficient (Wildman–Crippen LogP) is 7.43. The van der Waals surface area contributed by atoms with Crippen molar-refractivity contribution in [2.45, 2.75) is 41.5 Å². The summed E-state index contributed by atoms with van der Waals surface area (Å²) >= 11 is 9.53. The van der Waals surface area contributed by atoms with Crippen molar-refractivity contribution in [1.82, 2.24) is 0 Å².